The molecule has 24 heavy (non-hydrogen) atoms. The van der Waals surface area contributed by atoms with Crippen LogP contribution >= 0.6 is 0 Å². The van der Waals surface area contributed by atoms with E-state index in [1.807, 2.05) is 16.8 Å². The third kappa shape index (κ3) is 4.53. The summed E-state index contributed by atoms with van der Waals surface area (Å²) < 4.78 is 1.95. The van der Waals surface area contributed by atoms with E-state index in [9.17, 15) is 4.79 Å². The van der Waals surface area contributed by atoms with Gasteiger partial charge in [0.1, 0.15) is 18.9 Å². The molecule has 8 nitrogen and oxygen atoms in total. The molecule has 128 valence electrons. The van der Waals surface area contributed by atoms with Gasteiger partial charge in [-0.2, -0.15) is 15.6 Å². The van der Waals surface area contributed by atoms with Crippen LogP contribution in [-0.4, -0.2) is 51.2 Å². The predicted octanol–water partition coefficient (Wildman–Crippen LogP) is 0.572. The van der Waals surface area contributed by atoms with Gasteiger partial charge in [-0.05, 0) is 6.42 Å². The fraction of sp³-hybridized carbons (Fsp3) is 0.688. The number of nitriles is 2. The Morgan fingerprint density at radius 3 is 2.75 bits per heavy atom. The van der Waals surface area contributed by atoms with Crippen molar-refractivity contribution in [3.05, 3.63) is 11.6 Å². The molecule has 1 N–H and O–H groups in total. The molecule has 0 aliphatic carbocycles. The molecule has 1 aromatic heterocycles. The number of aromatic nitrogens is 3. The molecular formula is C16H23N7O. The van der Waals surface area contributed by atoms with Crippen molar-refractivity contribution in [1.29, 1.82) is 10.5 Å². The second kappa shape index (κ2) is 8.42. The molecule has 1 aliphatic heterocycles. The molecule has 8 heteroatoms. The van der Waals surface area contributed by atoms with Crippen molar-refractivity contribution in [1.82, 2.24) is 25.0 Å². The summed E-state index contributed by atoms with van der Waals surface area (Å²) in [6.07, 6.45) is 2.12. The molecule has 0 bridgehead atoms. The first-order valence-corrected chi connectivity index (χ1v) is 8.23. The lowest BCUT2D eigenvalue weighted by Crippen LogP contribution is -2.40. The van der Waals surface area contributed by atoms with Crippen LogP contribution in [0.4, 0.5) is 0 Å². The summed E-state index contributed by atoms with van der Waals surface area (Å²) >= 11 is 0. The molecule has 1 aromatic rings. The quantitative estimate of drug-likeness (QED) is 0.732. The molecule has 0 aromatic carbocycles. The van der Waals surface area contributed by atoms with Crippen LogP contribution in [0.25, 0.3) is 0 Å². The number of fused-ring (bicyclic) bond motifs is 1. The van der Waals surface area contributed by atoms with Gasteiger partial charge in [0, 0.05) is 31.3 Å². The molecular weight excluding hydrogens is 306 g/mol. The lowest BCUT2D eigenvalue weighted by Gasteiger charge is -2.24. The molecule has 0 unspecified atom stereocenters. The summed E-state index contributed by atoms with van der Waals surface area (Å²) in [5.41, 5.74) is 0. The predicted molar refractivity (Wildman–Crippen MR) is 86.6 cm³/mol. The van der Waals surface area contributed by atoms with Gasteiger partial charge in [-0.3, -0.25) is 4.79 Å². The number of hydrogen-bond donors (Lipinski definition) is 1. The minimum Gasteiger partial charge on any atom is -0.316 e. The second-order valence-corrected chi connectivity index (χ2v) is 6.23. The smallest absolute Gasteiger partial charge is 0.225 e. The van der Waals surface area contributed by atoms with Crippen molar-refractivity contribution < 1.29 is 4.79 Å². The number of rotatable bonds is 7. The molecule has 2 heterocycles. The van der Waals surface area contributed by atoms with E-state index < -0.39 is 0 Å². The first kappa shape index (κ1) is 17.9. The first-order valence-electron chi connectivity index (χ1n) is 8.23. The van der Waals surface area contributed by atoms with Crippen LogP contribution in [0.1, 0.15) is 44.3 Å². The van der Waals surface area contributed by atoms with Crippen LogP contribution in [0.2, 0.25) is 0 Å². The Kier molecular flexibility index (Phi) is 6.28. The maximum Gasteiger partial charge on any atom is 0.225 e. The van der Waals surface area contributed by atoms with Gasteiger partial charge in [-0.15, -0.1) is 0 Å². The van der Waals surface area contributed by atoms with Crippen molar-refractivity contribution in [3.8, 4) is 12.1 Å². The van der Waals surface area contributed by atoms with E-state index in [1.54, 1.807) is 0 Å². The first-order chi connectivity index (χ1) is 11.5. The van der Waals surface area contributed by atoms with Crippen molar-refractivity contribution in [2.75, 3.05) is 19.6 Å². The van der Waals surface area contributed by atoms with Crippen molar-refractivity contribution >= 4 is 5.91 Å². The topological polar surface area (TPSA) is 111 Å². The Hall–Kier alpha value is -2.45. The van der Waals surface area contributed by atoms with Gasteiger partial charge in [0.05, 0.1) is 18.7 Å². The number of nitrogens with one attached hydrogen (secondary N) is 1. The highest BCUT2D eigenvalue weighted by Gasteiger charge is 2.22. The Morgan fingerprint density at radius 1 is 1.42 bits per heavy atom. The summed E-state index contributed by atoms with van der Waals surface area (Å²) in [6.45, 7) is 5.35. The average Bonchev–Trinajstić information content (AvgIpc) is 2.98. The largest absolute Gasteiger partial charge is 0.316 e. The van der Waals surface area contributed by atoms with Gasteiger partial charge in [0.2, 0.25) is 5.91 Å². The van der Waals surface area contributed by atoms with E-state index in [-0.39, 0.29) is 31.5 Å². The summed E-state index contributed by atoms with van der Waals surface area (Å²) in [5.74, 6) is 2.05. The molecule has 1 atom stereocenters. The van der Waals surface area contributed by atoms with Crippen LogP contribution in [0.5, 0.6) is 0 Å². The SMILES string of the molecule is CC(C)c1nc2n(n1)C[C@@H](NCCC(=O)N(CC#N)CC#N)CC2. The number of carbonyl (C=O) groups excluding carboxylic acids is 1. The molecule has 0 saturated carbocycles. The Bertz CT molecular complexity index is 636. The van der Waals surface area contributed by atoms with Gasteiger partial charge < -0.3 is 10.2 Å². The van der Waals surface area contributed by atoms with Crippen LogP contribution in [0.3, 0.4) is 0 Å². The van der Waals surface area contributed by atoms with Crippen LogP contribution in [0, 0.1) is 22.7 Å². The Balaban J connectivity index is 1.80. The molecule has 0 fully saturated rings. The third-order valence-corrected chi connectivity index (χ3v) is 4.04. The van der Waals surface area contributed by atoms with E-state index >= 15 is 0 Å². The lowest BCUT2D eigenvalue weighted by atomic mass is 10.1. The summed E-state index contributed by atoms with van der Waals surface area (Å²) in [4.78, 5) is 17.8. The molecule has 2 rings (SSSR count). The molecule has 1 amide bonds. The Labute approximate surface area is 142 Å². The summed E-state index contributed by atoms with van der Waals surface area (Å²) in [7, 11) is 0. The minimum atomic E-state index is -0.176. The van der Waals surface area contributed by atoms with E-state index in [0.717, 1.165) is 31.0 Å². The zero-order valence-electron chi connectivity index (χ0n) is 14.2. The summed E-state index contributed by atoms with van der Waals surface area (Å²) in [6, 6.07) is 4.08. The van der Waals surface area contributed by atoms with Crippen LogP contribution < -0.4 is 5.32 Å². The number of amides is 1. The van der Waals surface area contributed by atoms with E-state index in [2.05, 4.69) is 29.2 Å². The fourth-order valence-corrected chi connectivity index (χ4v) is 2.68. The van der Waals surface area contributed by atoms with E-state index in [1.165, 1.54) is 4.90 Å². The van der Waals surface area contributed by atoms with Crippen LogP contribution in [-0.2, 0) is 17.8 Å². The van der Waals surface area contributed by atoms with Gasteiger partial charge in [0.15, 0.2) is 5.82 Å². The molecule has 0 saturated heterocycles. The average molecular weight is 329 g/mol. The van der Waals surface area contributed by atoms with E-state index in [4.69, 9.17) is 10.5 Å². The molecule has 0 radical (unpaired) electrons. The lowest BCUT2D eigenvalue weighted by molar-refractivity contribution is -0.129. The van der Waals surface area contributed by atoms with Crippen molar-refractivity contribution in [2.24, 2.45) is 0 Å². The van der Waals surface area contributed by atoms with Gasteiger partial charge >= 0.3 is 0 Å². The maximum atomic E-state index is 12.0. The zero-order chi connectivity index (χ0) is 17.5. The van der Waals surface area contributed by atoms with E-state index in [0.29, 0.717) is 12.5 Å². The number of hydrogen-bond acceptors (Lipinski definition) is 6. The van der Waals surface area contributed by atoms with Crippen LogP contribution in [0.15, 0.2) is 0 Å². The second-order valence-electron chi connectivity index (χ2n) is 6.23. The monoisotopic (exact) mass is 329 g/mol. The highest BCUT2D eigenvalue weighted by atomic mass is 16.2. The standard InChI is InChI=1S/C16H23N7O/c1-12(2)16-20-14-4-3-13(11-23(14)21-16)19-8-5-15(24)22(9-6-17)10-7-18/h12-13,19H,3-5,8-11H2,1-2H3/t13-/m0/s1. The zero-order valence-corrected chi connectivity index (χ0v) is 14.2. The number of aryl methyl sites for hydroxylation is 1. The minimum absolute atomic E-state index is 0.0455. The highest BCUT2D eigenvalue weighted by molar-refractivity contribution is 5.76. The third-order valence-electron chi connectivity index (χ3n) is 4.04. The van der Waals surface area contributed by atoms with Gasteiger partial charge in [-0.1, -0.05) is 13.8 Å². The van der Waals surface area contributed by atoms with Crippen molar-refractivity contribution in [2.45, 2.75) is 51.6 Å². The molecule has 0 spiro atoms. The highest BCUT2D eigenvalue weighted by Crippen LogP contribution is 2.16. The summed E-state index contributed by atoms with van der Waals surface area (Å²) in [5, 5.41) is 25.3. The van der Waals surface area contributed by atoms with Gasteiger partial charge in [0.25, 0.3) is 0 Å². The van der Waals surface area contributed by atoms with Gasteiger partial charge in [-0.25, -0.2) is 9.67 Å². The molecule has 1 aliphatic rings. The van der Waals surface area contributed by atoms with Crippen molar-refractivity contribution in [3.63, 3.8) is 0 Å². The fourth-order valence-electron chi connectivity index (χ4n) is 2.68. The number of carbonyl (C=O) groups is 1. The number of nitrogens with zero attached hydrogens (tertiary/aromatic N) is 6. The normalized spacial score (nSPS) is 16.3. The maximum absolute atomic E-state index is 12.0. The Morgan fingerprint density at radius 2 is 2.12 bits per heavy atom.